The quantitative estimate of drug-likeness (QED) is 0.749. The number of ketones is 2. The number of aromatic nitrogens is 3. The van der Waals surface area contributed by atoms with Crippen LogP contribution < -0.4 is 0 Å². The average molecular weight is 416 g/mol. The predicted molar refractivity (Wildman–Crippen MR) is 109 cm³/mol. The zero-order valence-electron chi connectivity index (χ0n) is 16.6. The van der Waals surface area contributed by atoms with E-state index in [0.717, 1.165) is 25.0 Å². The summed E-state index contributed by atoms with van der Waals surface area (Å²) in [5.74, 6) is 0.719. The number of hydrogen-bond donors (Lipinski definition) is 1. The smallest absolute Gasteiger partial charge is 0.192 e. The number of thioether (sulfide) groups is 1. The van der Waals surface area contributed by atoms with Crippen LogP contribution in [0, 0.1) is 5.41 Å². The SMILES string of the molecule is CC1(C)CC(=O)C(Sc2nnc(-c3ccc(O)cc3)n2C[C@H]2CCCO2)C(=O)C1. The van der Waals surface area contributed by atoms with Crippen molar-refractivity contribution >= 4 is 23.3 Å². The van der Waals surface area contributed by atoms with E-state index in [1.165, 1.54) is 11.8 Å². The minimum Gasteiger partial charge on any atom is -0.508 e. The summed E-state index contributed by atoms with van der Waals surface area (Å²) in [4.78, 5) is 25.3. The molecule has 1 aliphatic heterocycles. The number of carbonyl (C=O) groups excluding carboxylic acids is 2. The maximum absolute atomic E-state index is 12.6. The number of carbonyl (C=O) groups is 2. The number of benzene rings is 1. The Morgan fingerprint density at radius 3 is 2.48 bits per heavy atom. The van der Waals surface area contributed by atoms with Crippen molar-refractivity contribution in [1.82, 2.24) is 14.8 Å². The van der Waals surface area contributed by atoms with Crippen LogP contribution in [0.15, 0.2) is 29.4 Å². The van der Waals surface area contributed by atoms with Crippen molar-refractivity contribution in [2.45, 2.75) is 62.6 Å². The van der Waals surface area contributed by atoms with Crippen molar-refractivity contribution in [3.05, 3.63) is 24.3 Å². The second kappa shape index (κ2) is 7.91. The Hall–Kier alpha value is -2.19. The summed E-state index contributed by atoms with van der Waals surface area (Å²) >= 11 is 1.20. The standard InChI is InChI=1S/C21H25N3O4S/c1-21(2)10-16(26)18(17(27)11-21)29-20-23-22-19(13-5-7-14(25)8-6-13)24(20)12-15-4-3-9-28-15/h5-8,15,18,25H,3-4,9-12H2,1-2H3/t15-/m1/s1. The molecule has 7 nitrogen and oxygen atoms in total. The van der Waals surface area contributed by atoms with E-state index in [0.29, 0.717) is 30.4 Å². The maximum Gasteiger partial charge on any atom is 0.192 e. The summed E-state index contributed by atoms with van der Waals surface area (Å²) in [6.07, 6.45) is 2.80. The first kappa shape index (κ1) is 20.1. The topological polar surface area (TPSA) is 94.3 Å². The fourth-order valence-corrected chi connectivity index (χ4v) is 4.98. The molecule has 2 aliphatic rings. The molecule has 1 atom stereocenters. The van der Waals surface area contributed by atoms with Crippen LogP contribution in [-0.2, 0) is 20.9 Å². The average Bonchev–Trinajstić information content (AvgIpc) is 3.29. The van der Waals surface area contributed by atoms with Gasteiger partial charge in [-0.25, -0.2) is 0 Å². The van der Waals surface area contributed by atoms with Crippen LogP contribution in [0.3, 0.4) is 0 Å². The van der Waals surface area contributed by atoms with Gasteiger partial charge in [-0.1, -0.05) is 25.6 Å². The molecule has 1 aromatic heterocycles. The lowest BCUT2D eigenvalue weighted by molar-refractivity contribution is -0.132. The van der Waals surface area contributed by atoms with Crippen LogP contribution >= 0.6 is 11.8 Å². The number of rotatable bonds is 5. The van der Waals surface area contributed by atoms with Gasteiger partial charge in [0.05, 0.1) is 12.6 Å². The van der Waals surface area contributed by atoms with Gasteiger partial charge in [-0.15, -0.1) is 10.2 Å². The Kier molecular flexibility index (Phi) is 5.48. The predicted octanol–water partition coefficient (Wildman–Crippen LogP) is 3.25. The third-order valence-corrected chi connectivity index (χ3v) is 6.64. The van der Waals surface area contributed by atoms with Gasteiger partial charge < -0.3 is 9.84 Å². The van der Waals surface area contributed by atoms with Crippen LogP contribution in [0.2, 0.25) is 0 Å². The van der Waals surface area contributed by atoms with E-state index in [1.807, 2.05) is 18.4 Å². The van der Waals surface area contributed by atoms with E-state index in [4.69, 9.17) is 4.74 Å². The fraction of sp³-hybridized carbons (Fsp3) is 0.524. The summed E-state index contributed by atoms with van der Waals surface area (Å²) in [5, 5.41) is 18.0. The van der Waals surface area contributed by atoms with Crippen molar-refractivity contribution in [2.75, 3.05) is 6.61 Å². The summed E-state index contributed by atoms with van der Waals surface area (Å²) in [7, 11) is 0. The zero-order valence-corrected chi connectivity index (χ0v) is 17.4. The molecule has 0 spiro atoms. The highest BCUT2D eigenvalue weighted by atomic mass is 32.2. The molecule has 1 saturated heterocycles. The summed E-state index contributed by atoms with van der Waals surface area (Å²) in [6, 6.07) is 6.76. The zero-order chi connectivity index (χ0) is 20.6. The van der Waals surface area contributed by atoms with E-state index in [-0.39, 0.29) is 28.8 Å². The highest BCUT2D eigenvalue weighted by Gasteiger charge is 2.41. The third-order valence-electron chi connectivity index (χ3n) is 5.37. The molecule has 0 radical (unpaired) electrons. The van der Waals surface area contributed by atoms with Gasteiger partial charge in [0.1, 0.15) is 11.0 Å². The molecular formula is C21H25N3O4S. The number of phenolic OH excluding ortho intramolecular Hbond substituents is 1. The number of Topliss-reactive ketones (excluding diaryl/α,β-unsaturated/α-hetero) is 2. The Balaban J connectivity index is 1.64. The highest BCUT2D eigenvalue weighted by molar-refractivity contribution is 8.01. The first-order valence-corrected chi connectivity index (χ1v) is 10.8. The molecule has 0 bridgehead atoms. The first-order valence-electron chi connectivity index (χ1n) is 9.89. The largest absolute Gasteiger partial charge is 0.508 e. The molecule has 2 fully saturated rings. The normalized spacial score (nSPS) is 22.3. The molecule has 154 valence electrons. The molecular weight excluding hydrogens is 390 g/mol. The molecule has 2 heterocycles. The molecule has 1 N–H and O–H groups in total. The lowest BCUT2D eigenvalue weighted by atomic mass is 9.76. The Labute approximate surface area is 173 Å². The van der Waals surface area contributed by atoms with Crippen LogP contribution in [0.5, 0.6) is 5.75 Å². The summed E-state index contributed by atoms with van der Waals surface area (Å²) in [5.41, 5.74) is 0.524. The van der Waals surface area contributed by atoms with Gasteiger partial charge in [-0.3, -0.25) is 14.2 Å². The van der Waals surface area contributed by atoms with Crippen molar-refractivity contribution in [1.29, 1.82) is 0 Å². The van der Waals surface area contributed by atoms with E-state index in [2.05, 4.69) is 10.2 Å². The molecule has 1 aliphatic carbocycles. The summed E-state index contributed by atoms with van der Waals surface area (Å²) in [6.45, 7) is 5.20. The first-order chi connectivity index (χ1) is 13.8. The lowest BCUT2D eigenvalue weighted by Gasteiger charge is -2.31. The lowest BCUT2D eigenvalue weighted by Crippen LogP contribution is -2.39. The second-order valence-electron chi connectivity index (χ2n) is 8.55. The minimum atomic E-state index is -0.733. The van der Waals surface area contributed by atoms with Gasteiger partial charge >= 0.3 is 0 Å². The van der Waals surface area contributed by atoms with Gasteiger partial charge in [0.15, 0.2) is 22.5 Å². The minimum absolute atomic E-state index is 0.0471. The van der Waals surface area contributed by atoms with Gasteiger partial charge in [0.2, 0.25) is 0 Å². The Morgan fingerprint density at radius 1 is 1.17 bits per heavy atom. The maximum atomic E-state index is 12.6. The van der Waals surface area contributed by atoms with E-state index in [1.54, 1.807) is 24.3 Å². The number of phenols is 1. The summed E-state index contributed by atoms with van der Waals surface area (Å²) < 4.78 is 7.73. The van der Waals surface area contributed by atoms with Crippen molar-refractivity contribution in [3.63, 3.8) is 0 Å². The van der Waals surface area contributed by atoms with Crippen molar-refractivity contribution in [3.8, 4) is 17.1 Å². The monoisotopic (exact) mass is 415 g/mol. The fourth-order valence-electron chi connectivity index (χ4n) is 3.96. The Bertz CT molecular complexity index is 897. The van der Waals surface area contributed by atoms with Crippen LogP contribution in [0.25, 0.3) is 11.4 Å². The van der Waals surface area contributed by atoms with Crippen LogP contribution in [0.1, 0.15) is 39.5 Å². The van der Waals surface area contributed by atoms with Gasteiger partial charge in [-0.2, -0.15) is 0 Å². The highest BCUT2D eigenvalue weighted by Crippen LogP contribution is 2.38. The molecule has 0 amide bonds. The molecule has 2 aromatic rings. The van der Waals surface area contributed by atoms with Crippen LogP contribution in [-0.4, -0.2) is 49.4 Å². The molecule has 8 heteroatoms. The number of ether oxygens (including phenoxy) is 1. The van der Waals surface area contributed by atoms with E-state index >= 15 is 0 Å². The molecule has 4 rings (SSSR count). The molecule has 29 heavy (non-hydrogen) atoms. The number of nitrogens with zero attached hydrogens (tertiary/aromatic N) is 3. The Morgan fingerprint density at radius 2 is 1.86 bits per heavy atom. The second-order valence-corrected chi connectivity index (χ2v) is 9.62. The molecule has 0 unspecified atom stereocenters. The molecule has 1 saturated carbocycles. The van der Waals surface area contributed by atoms with Gasteiger partial charge in [0.25, 0.3) is 0 Å². The number of hydrogen-bond acceptors (Lipinski definition) is 7. The van der Waals surface area contributed by atoms with Gasteiger partial charge in [-0.05, 0) is 42.5 Å². The van der Waals surface area contributed by atoms with Crippen molar-refractivity contribution in [2.24, 2.45) is 5.41 Å². The number of aromatic hydroxyl groups is 1. The third kappa shape index (κ3) is 4.38. The van der Waals surface area contributed by atoms with Crippen LogP contribution in [0.4, 0.5) is 0 Å². The van der Waals surface area contributed by atoms with E-state index < -0.39 is 5.25 Å². The van der Waals surface area contributed by atoms with Gasteiger partial charge in [0, 0.05) is 25.0 Å². The van der Waals surface area contributed by atoms with E-state index in [9.17, 15) is 14.7 Å². The molecule has 1 aromatic carbocycles. The van der Waals surface area contributed by atoms with Crippen molar-refractivity contribution < 1.29 is 19.4 Å².